The van der Waals surface area contributed by atoms with Gasteiger partial charge in [-0.05, 0) is 30.3 Å². The second kappa shape index (κ2) is 10.4. The second-order valence-electron chi connectivity index (χ2n) is 8.04. The summed E-state index contributed by atoms with van der Waals surface area (Å²) in [5.41, 5.74) is 0.0698. The maximum absolute atomic E-state index is 13.4. The number of hydrogen-bond acceptors (Lipinski definition) is 8. The first-order valence-corrected chi connectivity index (χ1v) is 12.6. The summed E-state index contributed by atoms with van der Waals surface area (Å²) < 4.78 is 83.6. The Morgan fingerprint density at radius 3 is 2.08 bits per heavy atom. The fraction of sp³-hybridized carbons (Fsp3) is 0.333. The molecule has 1 saturated heterocycles. The van der Waals surface area contributed by atoms with E-state index >= 15 is 0 Å². The molecule has 0 amide bonds. The third kappa shape index (κ3) is 5.27. The molecular formula is C24H25F3N4O5S. The van der Waals surface area contributed by atoms with E-state index in [1.165, 1.54) is 27.4 Å². The number of aromatic nitrogens is 2. The van der Waals surface area contributed by atoms with Crippen molar-refractivity contribution in [2.75, 3.05) is 52.4 Å². The lowest BCUT2D eigenvalue weighted by molar-refractivity contribution is -0.139. The van der Waals surface area contributed by atoms with Crippen molar-refractivity contribution in [3.8, 4) is 28.5 Å². The molecule has 0 unspecified atom stereocenters. The third-order valence-electron chi connectivity index (χ3n) is 5.94. The molecule has 9 nitrogen and oxygen atoms in total. The third-order valence-corrected chi connectivity index (χ3v) is 7.89. The van der Waals surface area contributed by atoms with Crippen molar-refractivity contribution in [3.05, 3.63) is 54.2 Å². The highest BCUT2D eigenvalue weighted by molar-refractivity contribution is 7.89. The standard InChI is InChI=1S/C24H25F3N4O5S/c1-34-19-14-16(15-20(35-2)22(19)36-3)18-8-9-28-23(29-18)30-10-12-31(13-11-30)37(32,33)21-7-5-4-6-17(21)24(25,26)27/h4-9,14-15H,10-13H2,1-3H3. The quantitative estimate of drug-likeness (QED) is 0.450. The average Bonchev–Trinajstić information content (AvgIpc) is 2.91. The summed E-state index contributed by atoms with van der Waals surface area (Å²) in [6, 6.07) is 9.39. The van der Waals surface area contributed by atoms with Crippen molar-refractivity contribution in [2.45, 2.75) is 11.1 Å². The van der Waals surface area contributed by atoms with Crippen molar-refractivity contribution < 1.29 is 35.8 Å². The topological polar surface area (TPSA) is 94.1 Å². The summed E-state index contributed by atoms with van der Waals surface area (Å²) >= 11 is 0. The Kier molecular flexibility index (Phi) is 7.46. The van der Waals surface area contributed by atoms with Crippen molar-refractivity contribution >= 4 is 16.0 Å². The zero-order valence-electron chi connectivity index (χ0n) is 20.3. The van der Waals surface area contributed by atoms with Crippen LogP contribution in [0.25, 0.3) is 11.3 Å². The van der Waals surface area contributed by atoms with E-state index in [2.05, 4.69) is 9.97 Å². The Morgan fingerprint density at radius 2 is 1.51 bits per heavy atom. The van der Waals surface area contributed by atoms with Gasteiger partial charge in [0.25, 0.3) is 0 Å². The van der Waals surface area contributed by atoms with Crippen LogP contribution in [0, 0.1) is 0 Å². The molecule has 198 valence electrons. The minimum absolute atomic E-state index is 0.0215. The van der Waals surface area contributed by atoms with Gasteiger partial charge in [0.2, 0.25) is 21.7 Å². The van der Waals surface area contributed by atoms with Crippen LogP contribution < -0.4 is 19.1 Å². The second-order valence-corrected chi connectivity index (χ2v) is 9.95. The molecule has 0 N–H and O–H groups in total. The molecule has 2 aromatic carbocycles. The predicted molar refractivity (Wildman–Crippen MR) is 130 cm³/mol. The van der Waals surface area contributed by atoms with Crippen LogP contribution in [0.3, 0.4) is 0 Å². The van der Waals surface area contributed by atoms with Crippen LogP contribution in [0.2, 0.25) is 0 Å². The Morgan fingerprint density at radius 1 is 0.892 bits per heavy atom. The summed E-state index contributed by atoms with van der Waals surface area (Å²) in [5.74, 6) is 1.70. The highest BCUT2D eigenvalue weighted by Crippen LogP contribution is 2.41. The Bertz CT molecular complexity index is 1350. The van der Waals surface area contributed by atoms with Gasteiger partial charge in [-0.2, -0.15) is 17.5 Å². The lowest BCUT2D eigenvalue weighted by Crippen LogP contribution is -2.49. The molecule has 1 fully saturated rings. The monoisotopic (exact) mass is 538 g/mol. The van der Waals surface area contributed by atoms with Crippen molar-refractivity contribution in [2.24, 2.45) is 0 Å². The number of rotatable bonds is 7. The zero-order chi connectivity index (χ0) is 26.8. The number of sulfonamides is 1. The molecule has 13 heteroatoms. The van der Waals surface area contributed by atoms with E-state index < -0.39 is 26.7 Å². The summed E-state index contributed by atoms with van der Waals surface area (Å²) in [7, 11) is 0.170. The van der Waals surface area contributed by atoms with E-state index in [-0.39, 0.29) is 26.2 Å². The normalized spacial score (nSPS) is 14.9. The number of benzene rings is 2. The van der Waals surface area contributed by atoms with Crippen molar-refractivity contribution in [1.29, 1.82) is 0 Å². The van der Waals surface area contributed by atoms with Crippen LogP contribution in [-0.4, -0.2) is 70.2 Å². The molecule has 0 atom stereocenters. The lowest BCUT2D eigenvalue weighted by Gasteiger charge is -2.34. The van der Waals surface area contributed by atoms with Crippen LogP contribution in [0.1, 0.15) is 5.56 Å². The van der Waals surface area contributed by atoms with E-state index in [9.17, 15) is 21.6 Å². The van der Waals surface area contributed by atoms with Crippen molar-refractivity contribution in [3.63, 3.8) is 0 Å². The van der Waals surface area contributed by atoms with Gasteiger partial charge >= 0.3 is 6.18 Å². The number of piperazine rings is 1. The molecule has 0 spiro atoms. The van der Waals surface area contributed by atoms with Gasteiger partial charge < -0.3 is 19.1 Å². The van der Waals surface area contributed by atoms with Gasteiger partial charge in [0.1, 0.15) is 0 Å². The van der Waals surface area contributed by atoms with E-state index in [1.807, 2.05) is 0 Å². The lowest BCUT2D eigenvalue weighted by atomic mass is 10.1. The van der Waals surface area contributed by atoms with E-state index in [1.54, 1.807) is 29.3 Å². The molecule has 0 saturated carbocycles. The van der Waals surface area contributed by atoms with Crippen LogP contribution in [0.15, 0.2) is 53.6 Å². The summed E-state index contributed by atoms with van der Waals surface area (Å²) in [6.07, 6.45) is -3.21. The molecule has 0 bridgehead atoms. The first-order chi connectivity index (χ1) is 17.6. The number of methoxy groups -OCH3 is 3. The van der Waals surface area contributed by atoms with E-state index in [0.717, 1.165) is 22.5 Å². The summed E-state index contributed by atoms with van der Waals surface area (Å²) in [6.45, 7) is 0.358. The smallest absolute Gasteiger partial charge is 0.417 e. The van der Waals surface area contributed by atoms with Crippen molar-refractivity contribution in [1.82, 2.24) is 14.3 Å². The minimum atomic E-state index is -4.79. The Hall–Kier alpha value is -3.58. The number of anilines is 1. The maximum atomic E-state index is 13.4. The Balaban J connectivity index is 1.55. The summed E-state index contributed by atoms with van der Waals surface area (Å²) in [5, 5.41) is 0. The van der Waals surface area contributed by atoms with Gasteiger partial charge in [-0.1, -0.05) is 12.1 Å². The highest BCUT2D eigenvalue weighted by atomic mass is 32.2. The molecule has 1 aliphatic rings. The van der Waals surface area contributed by atoms with Gasteiger partial charge in [0.05, 0.1) is 37.5 Å². The van der Waals surface area contributed by atoms with E-state index in [0.29, 0.717) is 34.5 Å². The first kappa shape index (κ1) is 26.5. The van der Waals surface area contributed by atoms with Gasteiger partial charge in [0, 0.05) is 37.9 Å². The number of ether oxygens (including phenoxy) is 3. The first-order valence-electron chi connectivity index (χ1n) is 11.1. The molecule has 3 aromatic rings. The molecular weight excluding hydrogens is 513 g/mol. The molecule has 37 heavy (non-hydrogen) atoms. The van der Waals surface area contributed by atoms with Gasteiger partial charge in [-0.25, -0.2) is 18.4 Å². The highest BCUT2D eigenvalue weighted by Gasteiger charge is 2.39. The SMILES string of the molecule is COc1cc(-c2ccnc(N3CCN(S(=O)(=O)c4ccccc4C(F)(F)F)CC3)n2)cc(OC)c1OC. The number of nitrogens with zero attached hydrogens (tertiary/aromatic N) is 4. The van der Waals surface area contributed by atoms with Crippen LogP contribution in [-0.2, 0) is 16.2 Å². The molecule has 4 rings (SSSR count). The largest absolute Gasteiger partial charge is 0.493 e. The van der Waals surface area contributed by atoms with E-state index in [4.69, 9.17) is 14.2 Å². The van der Waals surface area contributed by atoms with Crippen LogP contribution >= 0.6 is 0 Å². The van der Waals surface area contributed by atoms with Gasteiger partial charge in [-0.15, -0.1) is 0 Å². The van der Waals surface area contributed by atoms with Gasteiger partial charge in [0.15, 0.2) is 11.5 Å². The zero-order valence-corrected chi connectivity index (χ0v) is 21.1. The molecule has 2 heterocycles. The number of alkyl halides is 3. The maximum Gasteiger partial charge on any atom is 0.417 e. The van der Waals surface area contributed by atoms with Crippen LogP contribution in [0.4, 0.5) is 19.1 Å². The minimum Gasteiger partial charge on any atom is -0.493 e. The number of hydrogen-bond donors (Lipinski definition) is 0. The molecule has 0 radical (unpaired) electrons. The number of halogens is 3. The summed E-state index contributed by atoms with van der Waals surface area (Å²) in [4.78, 5) is 9.95. The molecule has 0 aliphatic carbocycles. The fourth-order valence-corrected chi connectivity index (χ4v) is 5.72. The molecule has 1 aliphatic heterocycles. The molecule has 1 aromatic heterocycles. The predicted octanol–water partition coefficient (Wildman–Crippen LogP) is 3.70. The fourth-order valence-electron chi connectivity index (χ4n) is 4.08. The van der Waals surface area contributed by atoms with Crippen LogP contribution in [0.5, 0.6) is 17.2 Å². The Labute approximate surface area is 212 Å². The average molecular weight is 539 g/mol. The van der Waals surface area contributed by atoms with Gasteiger partial charge in [-0.3, -0.25) is 0 Å².